The maximum Gasteiger partial charge on any atom is 0.257 e. The van der Waals surface area contributed by atoms with E-state index in [9.17, 15) is 4.79 Å². The summed E-state index contributed by atoms with van der Waals surface area (Å²) in [4.78, 5) is 17.0. The molecule has 3 rings (SSSR count). The average Bonchev–Trinajstić information content (AvgIpc) is 3.08. The molecule has 2 aliphatic heterocycles. The number of furan rings is 1. The van der Waals surface area contributed by atoms with E-state index in [1.807, 2.05) is 4.90 Å². The molecule has 25 heavy (non-hydrogen) atoms. The van der Waals surface area contributed by atoms with Gasteiger partial charge in [-0.05, 0) is 51.6 Å². The van der Waals surface area contributed by atoms with Gasteiger partial charge in [-0.1, -0.05) is 0 Å². The fourth-order valence-electron chi connectivity index (χ4n) is 4.04. The Kier molecular flexibility index (Phi) is 6.15. The van der Waals surface area contributed by atoms with Crippen LogP contribution in [0.25, 0.3) is 0 Å². The first-order valence-electron chi connectivity index (χ1n) is 9.49. The molecule has 0 spiro atoms. The molecule has 2 fully saturated rings. The van der Waals surface area contributed by atoms with Crippen LogP contribution < -0.4 is 5.73 Å². The molecule has 2 aliphatic rings. The normalized spacial score (nSPS) is 26.1. The largest absolute Gasteiger partial charge is 0.467 e. The summed E-state index contributed by atoms with van der Waals surface area (Å²) in [5, 5.41) is 0. The molecule has 1 amide bonds. The lowest BCUT2D eigenvalue weighted by Crippen LogP contribution is -2.46. The van der Waals surface area contributed by atoms with E-state index in [1.54, 1.807) is 6.07 Å². The van der Waals surface area contributed by atoms with Gasteiger partial charge >= 0.3 is 0 Å². The molecule has 6 nitrogen and oxygen atoms in total. The minimum absolute atomic E-state index is 0.0673. The van der Waals surface area contributed by atoms with E-state index in [-0.39, 0.29) is 5.91 Å². The number of likely N-dealkylation sites (tertiary alicyclic amines) is 1. The Labute approximate surface area is 150 Å². The van der Waals surface area contributed by atoms with Gasteiger partial charge < -0.3 is 19.8 Å². The number of amides is 1. The van der Waals surface area contributed by atoms with Crippen molar-refractivity contribution in [3.8, 4) is 0 Å². The van der Waals surface area contributed by atoms with Crippen molar-refractivity contribution < 1.29 is 13.9 Å². The first-order chi connectivity index (χ1) is 12.0. The van der Waals surface area contributed by atoms with Crippen LogP contribution in [0.4, 0.5) is 0 Å². The third-order valence-corrected chi connectivity index (χ3v) is 5.35. The van der Waals surface area contributed by atoms with E-state index in [1.165, 1.54) is 12.7 Å². The summed E-state index contributed by atoms with van der Waals surface area (Å²) in [6.45, 7) is 9.51. The highest BCUT2D eigenvalue weighted by Crippen LogP contribution is 2.23. The lowest BCUT2D eigenvalue weighted by Gasteiger charge is -2.37. The molecule has 2 saturated heterocycles. The Balaban J connectivity index is 1.41. The van der Waals surface area contributed by atoms with Crippen molar-refractivity contribution in [2.45, 2.75) is 51.9 Å². The van der Waals surface area contributed by atoms with Crippen molar-refractivity contribution in [2.75, 3.05) is 32.7 Å². The molecule has 0 bridgehead atoms. The van der Waals surface area contributed by atoms with Gasteiger partial charge in [-0.15, -0.1) is 0 Å². The lowest BCUT2D eigenvalue weighted by atomic mass is 9.93. The molecule has 0 radical (unpaired) electrons. The van der Waals surface area contributed by atoms with Crippen LogP contribution in [-0.4, -0.2) is 60.6 Å². The predicted octanol–water partition coefficient (Wildman–Crippen LogP) is 2.09. The molecular formula is C19H31N3O3. The van der Waals surface area contributed by atoms with Gasteiger partial charge in [0.15, 0.2) is 0 Å². The third-order valence-electron chi connectivity index (χ3n) is 5.35. The Hall–Kier alpha value is -1.37. The second-order valence-electron chi connectivity index (χ2n) is 7.55. The van der Waals surface area contributed by atoms with Crippen LogP contribution in [0.15, 0.2) is 16.7 Å². The standard InChI is InChI=1S/C19H31N3O3/c1-14-11-21(12-15(2)25-14)6-3-16-4-7-22(8-5-16)19(23)17-9-18(10-20)24-13-17/h9,13-16H,3-8,10-12,20H2,1-2H3. The zero-order chi connectivity index (χ0) is 17.8. The molecule has 3 heterocycles. The van der Waals surface area contributed by atoms with Crippen LogP contribution in [0, 0.1) is 5.92 Å². The van der Waals surface area contributed by atoms with Gasteiger partial charge in [-0.3, -0.25) is 9.69 Å². The van der Waals surface area contributed by atoms with Gasteiger partial charge in [0.2, 0.25) is 0 Å². The molecule has 2 atom stereocenters. The second-order valence-corrected chi connectivity index (χ2v) is 7.55. The van der Waals surface area contributed by atoms with Crippen LogP contribution in [0.3, 0.4) is 0 Å². The topological polar surface area (TPSA) is 71.9 Å². The number of nitrogens with zero attached hydrogens (tertiary/aromatic N) is 2. The molecule has 2 unspecified atom stereocenters. The van der Waals surface area contributed by atoms with Crippen molar-refractivity contribution in [3.63, 3.8) is 0 Å². The summed E-state index contributed by atoms with van der Waals surface area (Å²) < 4.78 is 11.1. The molecule has 0 aliphatic carbocycles. The Morgan fingerprint density at radius 3 is 2.52 bits per heavy atom. The fraction of sp³-hybridized carbons (Fsp3) is 0.737. The van der Waals surface area contributed by atoms with Crippen molar-refractivity contribution >= 4 is 5.91 Å². The number of hydrogen-bond acceptors (Lipinski definition) is 5. The summed E-state index contributed by atoms with van der Waals surface area (Å²) in [6.07, 6.45) is 5.57. The Morgan fingerprint density at radius 1 is 1.24 bits per heavy atom. The van der Waals surface area contributed by atoms with Gasteiger partial charge in [0.25, 0.3) is 5.91 Å². The Bertz CT molecular complexity index is 556. The van der Waals surface area contributed by atoms with Gasteiger partial charge in [0.05, 0.1) is 24.3 Å². The molecule has 2 N–H and O–H groups in total. The predicted molar refractivity (Wildman–Crippen MR) is 96.3 cm³/mol. The number of rotatable bonds is 5. The maximum absolute atomic E-state index is 12.5. The minimum Gasteiger partial charge on any atom is -0.467 e. The number of piperidine rings is 1. The zero-order valence-corrected chi connectivity index (χ0v) is 15.4. The van der Waals surface area contributed by atoms with E-state index in [0.717, 1.165) is 45.6 Å². The summed E-state index contributed by atoms with van der Waals surface area (Å²) in [6, 6.07) is 1.76. The smallest absolute Gasteiger partial charge is 0.257 e. The first kappa shape index (κ1) is 18.4. The summed E-state index contributed by atoms with van der Waals surface area (Å²) in [5.41, 5.74) is 6.16. The van der Waals surface area contributed by atoms with Crippen LogP contribution in [0.1, 0.15) is 49.2 Å². The summed E-state index contributed by atoms with van der Waals surface area (Å²) in [5.74, 6) is 1.44. The number of ether oxygens (including phenoxy) is 1. The maximum atomic E-state index is 12.5. The van der Waals surface area contributed by atoms with E-state index in [4.69, 9.17) is 14.9 Å². The fourth-order valence-corrected chi connectivity index (χ4v) is 4.04. The second kappa shape index (κ2) is 8.34. The summed E-state index contributed by atoms with van der Waals surface area (Å²) in [7, 11) is 0. The minimum atomic E-state index is 0.0673. The van der Waals surface area contributed by atoms with E-state index >= 15 is 0 Å². The SMILES string of the molecule is CC1CN(CCC2CCN(C(=O)c3coc(CN)c3)CC2)CC(C)O1. The van der Waals surface area contributed by atoms with Gasteiger partial charge in [-0.25, -0.2) is 0 Å². The van der Waals surface area contributed by atoms with E-state index in [2.05, 4.69) is 18.7 Å². The zero-order valence-electron chi connectivity index (χ0n) is 15.4. The van der Waals surface area contributed by atoms with Crippen molar-refractivity contribution in [2.24, 2.45) is 11.7 Å². The van der Waals surface area contributed by atoms with Crippen molar-refractivity contribution in [3.05, 3.63) is 23.7 Å². The quantitative estimate of drug-likeness (QED) is 0.881. The number of carbonyl (C=O) groups excluding carboxylic acids is 1. The van der Waals surface area contributed by atoms with Gasteiger partial charge in [0.1, 0.15) is 12.0 Å². The highest BCUT2D eigenvalue weighted by Gasteiger charge is 2.26. The molecule has 1 aromatic heterocycles. The van der Waals surface area contributed by atoms with Crippen LogP contribution >= 0.6 is 0 Å². The van der Waals surface area contributed by atoms with E-state index in [0.29, 0.717) is 36.0 Å². The van der Waals surface area contributed by atoms with Crippen molar-refractivity contribution in [1.29, 1.82) is 0 Å². The highest BCUT2D eigenvalue weighted by atomic mass is 16.5. The van der Waals surface area contributed by atoms with Crippen LogP contribution in [0.5, 0.6) is 0 Å². The van der Waals surface area contributed by atoms with Crippen LogP contribution in [-0.2, 0) is 11.3 Å². The van der Waals surface area contributed by atoms with Crippen molar-refractivity contribution in [1.82, 2.24) is 9.80 Å². The molecule has 140 valence electrons. The summed E-state index contributed by atoms with van der Waals surface area (Å²) >= 11 is 0. The molecule has 0 aromatic carbocycles. The molecular weight excluding hydrogens is 318 g/mol. The monoisotopic (exact) mass is 349 g/mol. The van der Waals surface area contributed by atoms with Crippen LogP contribution in [0.2, 0.25) is 0 Å². The Morgan fingerprint density at radius 2 is 1.92 bits per heavy atom. The first-order valence-corrected chi connectivity index (χ1v) is 9.49. The van der Waals surface area contributed by atoms with Gasteiger partial charge in [-0.2, -0.15) is 0 Å². The highest BCUT2D eigenvalue weighted by molar-refractivity contribution is 5.94. The third kappa shape index (κ3) is 4.84. The number of morpholine rings is 1. The molecule has 0 saturated carbocycles. The molecule has 1 aromatic rings. The average molecular weight is 349 g/mol. The number of carbonyl (C=O) groups is 1. The van der Waals surface area contributed by atoms with Gasteiger partial charge in [0, 0.05) is 26.2 Å². The number of hydrogen-bond donors (Lipinski definition) is 1. The lowest BCUT2D eigenvalue weighted by molar-refractivity contribution is -0.0693. The number of nitrogens with two attached hydrogens (primary N) is 1. The molecule has 6 heteroatoms. The van der Waals surface area contributed by atoms with E-state index < -0.39 is 0 Å².